The van der Waals surface area contributed by atoms with Crippen molar-refractivity contribution in [1.82, 2.24) is 10.2 Å². The molecule has 5 heteroatoms. The first-order valence-corrected chi connectivity index (χ1v) is 7.01. The van der Waals surface area contributed by atoms with Crippen molar-refractivity contribution in [1.29, 1.82) is 0 Å². The summed E-state index contributed by atoms with van der Waals surface area (Å²) in [6.07, 6.45) is 1.79. The molecule has 0 aliphatic carbocycles. The van der Waals surface area contributed by atoms with Gasteiger partial charge in [-0.15, -0.1) is 0 Å². The second-order valence-corrected chi connectivity index (χ2v) is 5.51. The molecular formula is C15H13Cl2N3. The fourth-order valence-electron chi connectivity index (χ4n) is 2.33. The Morgan fingerprint density at radius 2 is 1.90 bits per heavy atom. The number of hydrogen-bond donors (Lipinski definition) is 2. The van der Waals surface area contributed by atoms with Gasteiger partial charge in [0, 0.05) is 17.0 Å². The Balaban J connectivity index is 2.25. The van der Waals surface area contributed by atoms with E-state index in [-0.39, 0.29) is 6.04 Å². The van der Waals surface area contributed by atoms with Crippen LogP contribution in [0.2, 0.25) is 10.0 Å². The molecule has 1 atom stereocenters. The first kappa shape index (κ1) is 13.4. The highest BCUT2D eigenvalue weighted by molar-refractivity contribution is 6.44. The molecule has 0 saturated heterocycles. The van der Waals surface area contributed by atoms with Crippen LogP contribution in [0.25, 0.3) is 22.0 Å². The summed E-state index contributed by atoms with van der Waals surface area (Å²) in [5, 5.41) is 9.06. The van der Waals surface area contributed by atoms with E-state index in [9.17, 15) is 0 Å². The van der Waals surface area contributed by atoms with Crippen LogP contribution in [0.1, 0.15) is 18.5 Å². The zero-order chi connectivity index (χ0) is 14.3. The van der Waals surface area contributed by atoms with Crippen molar-refractivity contribution in [3.05, 3.63) is 52.1 Å². The largest absolute Gasteiger partial charge is 0.324 e. The van der Waals surface area contributed by atoms with E-state index >= 15 is 0 Å². The lowest BCUT2D eigenvalue weighted by molar-refractivity contribution is 0.819. The zero-order valence-electron chi connectivity index (χ0n) is 10.8. The Kier molecular flexibility index (Phi) is 3.42. The summed E-state index contributed by atoms with van der Waals surface area (Å²) in [7, 11) is 0. The number of aromatic nitrogens is 2. The topological polar surface area (TPSA) is 54.7 Å². The Morgan fingerprint density at radius 3 is 2.65 bits per heavy atom. The second-order valence-electron chi connectivity index (χ2n) is 4.76. The summed E-state index contributed by atoms with van der Waals surface area (Å²) in [6.45, 7) is 1.88. The molecule has 0 bridgehead atoms. The molecule has 20 heavy (non-hydrogen) atoms. The lowest BCUT2D eigenvalue weighted by Crippen LogP contribution is -2.05. The molecule has 0 amide bonds. The van der Waals surface area contributed by atoms with Crippen LogP contribution >= 0.6 is 23.2 Å². The molecule has 1 aromatic heterocycles. The smallest absolute Gasteiger partial charge is 0.0674 e. The van der Waals surface area contributed by atoms with Gasteiger partial charge in [0.1, 0.15) is 0 Å². The molecule has 0 radical (unpaired) electrons. The average Bonchev–Trinajstić information content (AvgIpc) is 2.89. The van der Waals surface area contributed by atoms with E-state index in [4.69, 9.17) is 28.9 Å². The van der Waals surface area contributed by atoms with E-state index < -0.39 is 0 Å². The van der Waals surface area contributed by atoms with Crippen LogP contribution in [-0.2, 0) is 0 Å². The van der Waals surface area contributed by atoms with Crippen LogP contribution in [0.4, 0.5) is 0 Å². The van der Waals surface area contributed by atoms with Gasteiger partial charge in [-0.3, -0.25) is 5.10 Å². The molecule has 0 aliphatic rings. The Bertz CT molecular complexity index is 778. The minimum absolute atomic E-state index is 0.154. The Morgan fingerprint density at radius 1 is 1.10 bits per heavy atom. The van der Waals surface area contributed by atoms with Gasteiger partial charge in [0.05, 0.1) is 21.8 Å². The third kappa shape index (κ3) is 2.08. The Hall–Kier alpha value is -1.55. The molecule has 0 aliphatic heterocycles. The minimum atomic E-state index is -0.154. The van der Waals surface area contributed by atoms with Crippen molar-refractivity contribution in [3.8, 4) is 11.1 Å². The molecule has 3 aromatic rings. The van der Waals surface area contributed by atoms with E-state index in [0.717, 1.165) is 27.6 Å². The number of nitrogens with two attached hydrogens (primary N) is 1. The van der Waals surface area contributed by atoms with Crippen molar-refractivity contribution >= 4 is 34.1 Å². The number of rotatable bonds is 2. The van der Waals surface area contributed by atoms with Crippen LogP contribution < -0.4 is 5.73 Å². The fraction of sp³-hybridized carbons (Fsp3) is 0.133. The third-order valence-electron chi connectivity index (χ3n) is 3.38. The number of benzene rings is 2. The van der Waals surface area contributed by atoms with Crippen molar-refractivity contribution in [3.63, 3.8) is 0 Å². The highest BCUT2D eigenvalue weighted by Crippen LogP contribution is 2.39. The van der Waals surface area contributed by atoms with Crippen molar-refractivity contribution in [2.45, 2.75) is 13.0 Å². The van der Waals surface area contributed by atoms with E-state index in [1.807, 2.05) is 37.3 Å². The third-order valence-corrected chi connectivity index (χ3v) is 4.27. The molecular weight excluding hydrogens is 293 g/mol. The lowest BCUT2D eigenvalue weighted by Gasteiger charge is -2.13. The summed E-state index contributed by atoms with van der Waals surface area (Å²) in [5.41, 5.74) is 9.58. The molecule has 0 saturated carbocycles. The van der Waals surface area contributed by atoms with E-state index in [2.05, 4.69) is 10.2 Å². The summed E-state index contributed by atoms with van der Waals surface area (Å²) >= 11 is 12.8. The molecule has 1 unspecified atom stereocenters. The van der Waals surface area contributed by atoms with Gasteiger partial charge in [-0.1, -0.05) is 47.5 Å². The summed E-state index contributed by atoms with van der Waals surface area (Å²) in [4.78, 5) is 0. The first-order chi connectivity index (χ1) is 9.59. The minimum Gasteiger partial charge on any atom is -0.324 e. The van der Waals surface area contributed by atoms with Crippen LogP contribution in [-0.4, -0.2) is 10.2 Å². The number of aromatic amines is 1. The van der Waals surface area contributed by atoms with Crippen LogP contribution in [0.15, 0.2) is 36.5 Å². The number of hydrogen-bond acceptors (Lipinski definition) is 2. The fourth-order valence-corrected chi connectivity index (χ4v) is 2.94. The zero-order valence-corrected chi connectivity index (χ0v) is 12.3. The van der Waals surface area contributed by atoms with Crippen molar-refractivity contribution in [2.24, 2.45) is 5.73 Å². The lowest BCUT2D eigenvalue weighted by atomic mass is 9.99. The van der Waals surface area contributed by atoms with E-state index in [0.29, 0.717) is 10.0 Å². The summed E-state index contributed by atoms with van der Waals surface area (Å²) < 4.78 is 0. The van der Waals surface area contributed by atoms with Gasteiger partial charge in [0.15, 0.2) is 0 Å². The molecule has 102 valence electrons. The molecule has 0 spiro atoms. The van der Waals surface area contributed by atoms with Crippen LogP contribution in [0, 0.1) is 0 Å². The van der Waals surface area contributed by atoms with E-state index in [1.165, 1.54) is 0 Å². The molecule has 3 nitrogen and oxygen atoms in total. The van der Waals surface area contributed by atoms with Gasteiger partial charge < -0.3 is 5.73 Å². The maximum atomic E-state index is 6.43. The number of fused-ring (bicyclic) bond motifs is 1. The summed E-state index contributed by atoms with van der Waals surface area (Å²) in [6, 6.07) is 9.65. The van der Waals surface area contributed by atoms with Crippen LogP contribution in [0.3, 0.4) is 0 Å². The van der Waals surface area contributed by atoms with Crippen molar-refractivity contribution < 1.29 is 0 Å². The highest BCUT2D eigenvalue weighted by atomic mass is 35.5. The van der Waals surface area contributed by atoms with E-state index in [1.54, 1.807) is 6.20 Å². The highest BCUT2D eigenvalue weighted by Gasteiger charge is 2.15. The maximum Gasteiger partial charge on any atom is 0.0674 e. The van der Waals surface area contributed by atoms with Gasteiger partial charge in [-0.05, 0) is 24.1 Å². The number of halogens is 2. The maximum absolute atomic E-state index is 6.43. The number of nitrogens with one attached hydrogen (secondary N) is 1. The SMILES string of the molecule is CC(N)c1ccc(-c2cccc3[nH]ncc23)c(Cl)c1Cl. The van der Waals surface area contributed by atoms with Crippen LogP contribution in [0.5, 0.6) is 0 Å². The molecule has 3 N–H and O–H groups in total. The molecule has 1 heterocycles. The Labute approximate surface area is 126 Å². The predicted molar refractivity (Wildman–Crippen MR) is 84.2 cm³/mol. The number of nitrogens with zero attached hydrogens (tertiary/aromatic N) is 1. The quantitative estimate of drug-likeness (QED) is 0.729. The molecule has 2 aromatic carbocycles. The molecule has 0 fully saturated rings. The standard InChI is InChI=1S/C15H13Cl2N3/c1-8(18)9-5-6-11(15(17)14(9)16)10-3-2-4-13-12(10)7-19-20-13/h2-8H,18H2,1H3,(H,19,20). The molecule has 3 rings (SSSR count). The van der Waals surface area contributed by atoms with Crippen molar-refractivity contribution in [2.75, 3.05) is 0 Å². The second kappa shape index (κ2) is 5.09. The predicted octanol–water partition coefficient (Wildman–Crippen LogP) is 4.56. The summed E-state index contributed by atoms with van der Waals surface area (Å²) in [5.74, 6) is 0. The average molecular weight is 306 g/mol. The van der Waals surface area contributed by atoms with Gasteiger partial charge in [0.2, 0.25) is 0 Å². The normalized spacial score (nSPS) is 12.8. The van der Waals surface area contributed by atoms with Gasteiger partial charge in [0.25, 0.3) is 0 Å². The monoisotopic (exact) mass is 305 g/mol. The number of H-pyrrole nitrogens is 1. The first-order valence-electron chi connectivity index (χ1n) is 6.25. The van der Waals surface area contributed by atoms with Gasteiger partial charge in [-0.2, -0.15) is 5.10 Å². The van der Waals surface area contributed by atoms with Gasteiger partial charge >= 0.3 is 0 Å². The van der Waals surface area contributed by atoms with Gasteiger partial charge in [-0.25, -0.2) is 0 Å².